The van der Waals surface area contributed by atoms with Crippen LogP contribution in [0, 0.1) is 0 Å². The second kappa shape index (κ2) is 8.84. The lowest BCUT2D eigenvalue weighted by Crippen LogP contribution is -2.02. The van der Waals surface area contributed by atoms with Crippen molar-refractivity contribution in [3.05, 3.63) is 0 Å². The van der Waals surface area contributed by atoms with Gasteiger partial charge in [-0.1, -0.05) is 26.2 Å². The van der Waals surface area contributed by atoms with Gasteiger partial charge in [0.05, 0.1) is 0 Å². The molecular formula is C6H15BF4N-. The van der Waals surface area contributed by atoms with Gasteiger partial charge in [-0.15, -0.1) is 0 Å². The summed E-state index contributed by atoms with van der Waals surface area (Å²) in [6.07, 6.45) is 5.16. The summed E-state index contributed by atoms with van der Waals surface area (Å²) in [6, 6.07) is 0. The van der Waals surface area contributed by atoms with Crippen LogP contribution in [0.15, 0.2) is 0 Å². The maximum Gasteiger partial charge on any atom is 0.673 e. The van der Waals surface area contributed by atoms with Gasteiger partial charge in [0.1, 0.15) is 0 Å². The fourth-order valence-corrected chi connectivity index (χ4v) is 0.571. The summed E-state index contributed by atoms with van der Waals surface area (Å²) < 4.78 is 39.0. The van der Waals surface area contributed by atoms with E-state index in [1.807, 2.05) is 0 Å². The van der Waals surface area contributed by atoms with Crippen LogP contribution in [0.4, 0.5) is 17.3 Å². The molecule has 0 spiro atoms. The topological polar surface area (TPSA) is 26.0 Å². The third-order valence-corrected chi connectivity index (χ3v) is 1.06. The Morgan fingerprint density at radius 3 is 1.67 bits per heavy atom. The standard InChI is InChI=1S/C6H15N.BF4/c1-2-3-4-5-6-7;2-1(3,4)5/h2-7H2,1H3;/q;-1. The number of hydrogen-bond donors (Lipinski definition) is 1. The van der Waals surface area contributed by atoms with Gasteiger partial charge in [0, 0.05) is 0 Å². The molecule has 0 aliphatic heterocycles. The van der Waals surface area contributed by atoms with Gasteiger partial charge in [0.15, 0.2) is 0 Å². The lowest BCUT2D eigenvalue weighted by Gasteiger charge is -1.94. The summed E-state index contributed by atoms with van der Waals surface area (Å²) in [5.74, 6) is 0. The van der Waals surface area contributed by atoms with Crippen molar-refractivity contribution in [2.24, 2.45) is 5.73 Å². The van der Waals surface area contributed by atoms with E-state index in [4.69, 9.17) is 5.73 Å². The van der Waals surface area contributed by atoms with E-state index in [0.717, 1.165) is 6.54 Å². The highest BCUT2D eigenvalue weighted by Crippen LogP contribution is 2.06. The van der Waals surface area contributed by atoms with E-state index in [2.05, 4.69) is 6.92 Å². The Morgan fingerprint density at radius 2 is 1.42 bits per heavy atom. The van der Waals surface area contributed by atoms with E-state index in [0.29, 0.717) is 0 Å². The van der Waals surface area contributed by atoms with Gasteiger partial charge in [-0.25, -0.2) is 0 Å². The van der Waals surface area contributed by atoms with Crippen molar-refractivity contribution in [3.63, 3.8) is 0 Å². The van der Waals surface area contributed by atoms with Crippen LogP contribution >= 0.6 is 0 Å². The number of halogens is 4. The number of unbranched alkanes of at least 4 members (excludes halogenated alkanes) is 3. The molecule has 0 amide bonds. The van der Waals surface area contributed by atoms with E-state index < -0.39 is 7.25 Å². The SMILES string of the molecule is CCCCCCN.F[B-](F)(F)F. The van der Waals surface area contributed by atoms with Crippen LogP contribution in [0.1, 0.15) is 32.6 Å². The molecule has 0 heterocycles. The Bertz CT molecular complexity index is 76.1. The van der Waals surface area contributed by atoms with Crippen LogP contribution in [0.3, 0.4) is 0 Å². The molecule has 12 heavy (non-hydrogen) atoms. The van der Waals surface area contributed by atoms with Gasteiger partial charge in [-0.3, -0.25) is 0 Å². The third-order valence-electron chi connectivity index (χ3n) is 1.06. The van der Waals surface area contributed by atoms with E-state index in [1.54, 1.807) is 0 Å². The highest BCUT2D eigenvalue weighted by atomic mass is 19.5. The molecule has 6 heteroatoms. The molecule has 0 aromatic carbocycles. The first-order valence-corrected chi connectivity index (χ1v) is 3.99. The van der Waals surface area contributed by atoms with Gasteiger partial charge in [0.2, 0.25) is 0 Å². The van der Waals surface area contributed by atoms with Gasteiger partial charge in [-0.05, 0) is 13.0 Å². The minimum absolute atomic E-state index is 0.861. The second-order valence-corrected chi connectivity index (χ2v) is 2.34. The molecule has 0 saturated heterocycles. The molecular weight excluding hydrogens is 173 g/mol. The third kappa shape index (κ3) is 53.1. The van der Waals surface area contributed by atoms with Crippen molar-refractivity contribution < 1.29 is 17.3 Å². The summed E-state index contributed by atoms with van der Waals surface area (Å²) in [5.41, 5.74) is 5.27. The van der Waals surface area contributed by atoms with Crippen molar-refractivity contribution in [2.75, 3.05) is 6.54 Å². The molecule has 0 aliphatic carbocycles. The molecule has 0 aromatic heterocycles. The summed E-state index contributed by atoms with van der Waals surface area (Å²) in [5, 5.41) is 0. The Morgan fingerprint density at radius 1 is 1.00 bits per heavy atom. The lowest BCUT2D eigenvalue weighted by molar-refractivity contribution is 0.368. The van der Waals surface area contributed by atoms with Crippen LogP contribution < -0.4 is 5.73 Å². The predicted octanol–water partition coefficient (Wildman–Crippen LogP) is 2.83. The molecule has 0 rings (SSSR count). The highest BCUT2D eigenvalue weighted by molar-refractivity contribution is 6.50. The molecule has 0 unspecified atom stereocenters. The molecule has 76 valence electrons. The number of rotatable bonds is 4. The molecule has 2 N–H and O–H groups in total. The second-order valence-electron chi connectivity index (χ2n) is 2.34. The zero-order valence-corrected chi connectivity index (χ0v) is 7.20. The Kier molecular flexibility index (Phi) is 10.5. The molecule has 0 fully saturated rings. The van der Waals surface area contributed by atoms with Crippen molar-refractivity contribution >= 4 is 7.25 Å². The van der Waals surface area contributed by atoms with Gasteiger partial charge < -0.3 is 23.0 Å². The molecule has 0 aliphatic rings. The summed E-state index contributed by atoms with van der Waals surface area (Å²) >= 11 is 0. The average molecular weight is 188 g/mol. The van der Waals surface area contributed by atoms with Crippen LogP contribution in [0.25, 0.3) is 0 Å². The summed E-state index contributed by atoms with van der Waals surface area (Å²) in [6.45, 7) is 3.07. The van der Waals surface area contributed by atoms with E-state index in [9.17, 15) is 17.3 Å². The highest BCUT2D eigenvalue weighted by Gasteiger charge is 2.20. The molecule has 1 nitrogen and oxygen atoms in total. The Hall–Kier alpha value is -0.255. The zero-order valence-electron chi connectivity index (χ0n) is 7.20. The first kappa shape index (κ1) is 14.3. The molecule has 0 aromatic rings. The summed E-state index contributed by atoms with van der Waals surface area (Å²) in [7, 11) is -6.00. The lowest BCUT2D eigenvalue weighted by atomic mass is 10.2. The van der Waals surface area contributed by atoms with Crippen molar-refractivity contribution in [1.82, 2.24) is 0 Å². The summed E-state index contributed by atoms with van der Waals surface area (Å²) in [4.78, 5) is 0. The first-order valence-electron chi connectivity index (χ1n) is 3.99. The van der Waals surface area contributed by atoms with Crippen molar-refractivity contribution in [2.45, 2.75) is 32.6 Å². The van der Waals surface area contributed by atoms with Crippen LogP contribution in [-0.2, 0) is 0 Å². The minimum Gasteiger partial charge on any atom is -0.418 e. The minimum atomic E-state index is -6.00. The molecule has 0 radical (unpaired) electrons. The quantitative estimate of drug-likeness (QED) is 0.409. The Balaban J connectivity index is 0. The maximum absolute atomic E-state index is 9.75. The largest absolute Gasteiger partial charge is 0.673 e. The zero-order chi connectivity index (χ0) is 10.0. The fraction of sp³-hybridized carbons (Fsp3) is 1.00. The van der Waals surface area contributed by atoms with Crippen molar-refractivity contribution in [3.8, 4) is 0 Å². The van der Waals surface area contributed by atoms with E-state index in [1.165, 1.54) is 25.7 Å². The van der Waals surface area contributed by atoms with E-state index >= 15 is 0 Å². The van der Waals surface area contributed by atoms with Gasteiger partial charge >= 0.3 is 7.25 Å². The molecule has 0 atom stereocenters. The van der Waals surface area contributed by atoms with Gasteiger partial charge in [0.25, 0.3) is 0 Å². The normalized spacial score (nSPS) is 10.5. The van der Waals surface area contributed by atoms with Crippen LogP contribution in [0.5, 0.6) is 0 Å². The average Bonchev–Trinajstić information content (AvgIpc) is 1.85. The predicted molar refractivity (Wildman–Crippen MR) is 43.4 cm³/mol. The Labute approximate surface area is 70.4 Å². The molecule has 0 bridgehead atoms. The number of hydrogen-bond acceptors (Lipinski definition) is 1. The smallest absolute Gasteiger partial charge is 0.418 e. The van der Waals surface area contributed by atoms with Crippen LogP contribution in [-0.4, -0.2) is 13.8 Å². The first-order chi connectivity index (χ1) is 5.41. The van der Waals surface area contributed by atoms with E-state index in [-0.39, 0.29) is 0 Å². The number of nitrogens with two attached hydrogens (primary N) is 1. The van der Waals surface area contributed by atoms with Gasteiger partial charge in [-0.2, -0.15) is 0 Å². The van der Waals surface area contributed by atoms with Crippen LogP contribution in [0.2, 0.25) is 0 Å². The van der Waals surface area contributed by atoms with Crippen molar-refractivity contribution in [1.29, 1.82) is 0 Å². The fourth-order valence-electron chi connectivity index (χ4n) is 0.571. The maximum atomic E-state index is 9.75. The monoisotopic (exact) mass is 188 g/mol. The molecule has 0 saturated carbocycles.